The Morgan fingerprint density at radius 3 is 2.29 bits per heavy atom. The van der Waals surface area contributed by atoms with Gasteiger partial charge in [0, 0.05) is 19.1 Å². The quantitative estimate of drug-likeness (QED) is 0.812. The summed E-state index contributed by atoms with van der Waals surface area (Å²) in [5, 5.41) is 0. The van der Waals surface area contributed by atoms with Crippen LogP contribution < -0.4 is 5.73 Å². The Bertz CT molecular complexity index is 214. The Morgan fingerprint density at radius 1 is 1.29 bits per heavy atom. The smallest absolute Gasteiger partial charge is 0.0217 e. The molecule has 0 saturated carbocycles. The van der Waals surface area contributed by atoms with Crippen LogP contribution in [-0.2, 0) is 0 Å². The van der Waals surface area contributed by atoms with Crippen LogP contribution in [0.1, 0.15) is 33.6 Å². The molecule has 0 aromatic carbocycles. The van der Waals surface area contributed by atoms with Gasteiger partial charge in [-0.25, -0.2) is 0 Å². The zero-order valence-electron chi connectivity index (χ0n) is 12.4. The Hall–Kier alpha value is -0.120. The van der Waals surface area contributed by atoms with E-state index in [0.29, 0.717) is 0 Å². The second-order valence-electron chi connectivity index (χ2n) is 6.94. The van der Waals surface area contributed by atoms with Crippen molar-refractivity contribution in [3.05, 3.63) is 0 Å². The van der Waals surface area contributed by atoms with E-state index in [1.165, 1.54) is 32.5 Å². The molecule has 0 aromatic rings. The fourth-order valence-corrected chi connectivity index (χ4v) is 2.37. The van der Waals surface area contributed by atoms with Crippen molar-refractivity contribution in [2.45, 2.75) is 39.7 Å². The van der Waals surface area contributed by atoms with Crippen LogP contribution in [0.15, 0.2) is 0 Å². The minimum atomic E-state index is 0.209. The van der Waals surface area contributed by atoms with Gasteiger partial charge in [-0.15, -0.1) is 0 Å². The third kappa shape index (κ3) is 5.36. The molecule has 1 unspecified atom stereocenters. The molecule has 1 heterocycles. The van der Waals surface area contributed by atoms with Crippen LogP contribution in [0.5, 0.6) is 0 Å². The van der Waals surface area contributed by atoms with Gasteiger partial charge in [0.15, 0.2) is 0 Å². The van der Waals surface area contributed by atoms with E-state index >= 15 is 0 Å². The van der Waals surface area contributed by atoms with E-state index in [1.54, 1.807) is 0 Å². The molecule has 0 spiro atoms. The monoisotopic (exact) mass is 241 g/mol. The lowest BCUT2D eigenvalue weighted by atomic mass is 9.87. The lowest BCUT2D eigenvalue weighted by Crippen LogP contribution is -2.46. The Kier molecular flexibility index (Phi) is 5.42. The summed E-state index contributed by atoms with van der Waals surface area (Å²) in [5.74, 6) is 0.864. The third-order valence-corrected chi connectivity index (χ3v) is 4.03. The molecule has 3 nitrogen and oxygen atoms in total. The predicted molar refractivity (Wildman–Crippen MR) is 75.1 cm³/mol. The summed E-state index contributed by atoms with van der Waals surface area (Å²) in [5.41, 5.74) is 6.44. The van der Waals surface area contributed by atoms with Crippen molar-refractivity contribution in [3.8, 4) is 0 Å². The normalized spacial score (nSPS) is 22.1. The molecule has 0 amide bonds. The van der Waals surface area contributed by atoms with Crippen molar-refractivity contribution in [1.29, 1.82) is 0 Å². The van der Waals surface area contributed by atoms with E-state index in [2.05, 4.69) is 44.7 Å². The Morgan fingerprint density at radius 2 is 1.82 bits per heavy atom. The van der Waals surface area contributed by atoms with Gasteiger partial charge >= 0.3 is 0 Å². The molecule has 2 N–H and O–H groups in total. The van der Waals surface area contributed by atoms with E-state index in [1.807, 2.05) is 0 Å². The van der Waals surface area contributed by atoms with E-state index in [9.17, 15) is 0 Å². The maximum atomic E-state index is 6.23. The van der Waals surface area contributed by atoms with Crippen LogP contribution in [-0.4, -0.2) is 56.1 Å². The van der Waals surface area contributed by atoms with Crippen LogP contribution in [0, 0.1) is 11.3 Å². The molecule has 1 atom stereocenters. The summed E-state index contributed by atoms with van der Waals surface area (Å²) < 4.78 is 0. The van der Waals surface area contributed by atoms with Gasteiger partial charge in [-0.05, 0) is 51.4 Å². The molecule has 0 bridgehead atoms. The van der Waals surface area contributed by atoms with Gasteiger partial charge in [0.1, 0.15) is 0 Å². The third-order valence-electron chi connectivity index (χ3n) is 4.03. The van der Waals surface area contributed by atoms with Gasteiger partial charge in [-0.1, -0.05) is 20.8 Å². The lowest BCUT2D eigenvalue weighted by Gasteiger charge is -2.35. The first kappa shape index (κ1) is 14.9. The largest absolute Gasteiger partial charge is 0.326 e. The SMILES string of the molecule is CN1CCC(CN(C)CC(N)C(C)(C)C)CC1. The van der Waals surface area contributed by atoms with Crippen molar-refractivity contribution >= 4 is 0 Å². The summed E-state index contributed by atoms with van der Waals surface area (Å²) in [7, 11) is 4.43. The lowest BCUT2D eigenvalue weighted by molar-refractivity contribution is 0.157. The molecule has 1 aliphatic rings. The van der Waals surface area contributed by atoms with Crippen molar-refractivity contribution in [2.24, 2.45) is 17.1 Å². The summed E-state index contributed by atoms with van der Waals surface area (Å²) in [6, 6.07) is 0.263. The van der Waals surface area contributed by atoms with E-state index in [4.69, 9.17) is 5.73 Å². The summed E-state index contributed by atoms with van der Waals surface area (Å²) >= 11 is 0. The highest BCUT2D eigenvalue weighted by Crippen LogP contribution is 2.20. The van der Waals surface area contributed by atoms with E-state index < -0.39 is 0 Å². The van der Waals surface area contributed by atoms with Crippen LogP contribution in [0.3, 0.4) is 0 Å². The second-order valence-corrected chi connectivity index (χ2v) is 6.94. The van der Waals surface area contributed by atoms with Crippen molar-refractivity contribution < 1.29 is 0 Å². The molecule has 1 rings (SSSR count). The summed E-state index contributed by atoms with van der Waals surface area (Å²) in [6.07, 6.45) is 2.68. The second kappa shape index (κ2) is 6.17. The molecule has 102 valence electrons. The molecule has 1 fully saturated rings. The Balaban J connectivity index is 2.27. The van der Waals surface area contributed by atoms with E-state index in [-0.39, 0.29) is 11.5 Å². The van der Waals surface area contributed by atoms with Crippen molar-refractivity contribution in [1.82, 2.24) is 9.80 Å². The minimum absolute atomic E-state index is 0.209. The van der Waals surface area contributed by atoms with Crippen LogP contribution in [0.2, 0.25) is 0 Å². The minimum Gasteiger partial charge on any atom is -0.326 e. The fraction of sp³-hybridized carbons (Fsp3) is 1.00. The van der Waals surface area contributed by atoms with Gasteiger partial charge in [0.25, 0.3) is 0 Å². The number of hydrogen-bond acceptors (Lipinski definition) is 3. The topological polar surface area (TPSA) is 32.5 Å². The first-order chi connectivity index (χ1) is 7.79. The molecule has 1 aliphatic heterocycles. The van der Waals surface area contributed by atoms with Gasteiger partial charge in [-0.2, -0.15) is 0 Å². The highest BCUT2D eigenvalue weighted by Gasteiger charge is 2.23. The zero-order chi connectivity index (χ0) is 13.1. The van der Waals surface area contributed by atoms with Crippen molar-refractivity contribution in [3.63, 3.8) is 0 Å². The number of rotatable bonds is 4. The molecular weight excluding hydrogens is 210 g/mol. The van der Waals surface area contributed by atoms with Gasteiger partial charge in [0.05, 0.1) is 0 Å². The molecule has 1 saturated heterocycles. The zero-order valence-corrected chi connectivity index (χ0v) is 12.4. The van der Waals surface area contributed by atoms with Crippen molar-refractivity contribution in [2.75, 3.05) is 40.3 Å². The first-order valence-electron chi connectivity index (χ1n) is 6.91. The molecular formula is C14H31N3. The fourth-order valence-electron chi connectivity index (χ4n) is 2.37. The standard InChI is InChI=1S/C14H31N3/c1-14(2,3)13(15)11-17(5)10-12-6-8-16(4)9-7-12/h12-13H,6-11,15H2,1-5H3. The average Bonchev–Trinajstić information content (AvgIpc) is 2.20. The predicted octanol–water partition coefficient (Wildman–Crippen LogP) is 1.63. The molecule has 3 heteroatoms. The number of likely N-dealkylation sites (tertiary alicyclic amines) is 1. The van der Waals surface area contributed by atoms with Gasteiger partial charge in [0.2, 0.25) is 0 Å². The number of nitrogens with two attached hydrogens (primary N) is 1. The van der Waals surface area contributed by atoms with Gasteiger partial charge in [-0.3, -0.25) is 0 Å². The molecule has 0 radical (unpaired) electrons. The van der Waals surface area contributed by atoms with Gasteiger partial charge < -0.3 is 15.5 Å². The Labute approximate surface area is 107 Å². The summed E-state index contributed by atoms with van der Waals surface area (Å²) in [6.45, 7) is 11.4. The maximum Gasteiger partial charge on any atom is 0.0217 e. The number of likely N-dealkylation sites (N-methyl/N-ethyl adjacent to an activating group) is 1. The number of nitrogens with zero attached hydrogens (tertiary/aromatic N) is 2. The van der Waals surface area contributed by atoms with Crippen LogP contribution in [0.4, 0.5) is 0 Å². The highest BCUT2D eigenvalue weighted by atomic mass is 15.1. The number of hydrogen-bond donors (Lipinski definition) is 1. The van der Waals surface area contributed by atoms with Crippen LogP contribution >= 0.6 is 0 Å². The average molecular weight is 241 g/mol. The summed E-state index contributed by atoms with van der Waals surface area (Å²) in [4.78, 5) is 4.85. The number of piperidine rings is 1. The molecule has 17 heavy (non-hydrogen) atoms. The van der Waals surface area contributed by atoms with Crippen LogP contribution in [0.25, 0.3) is 0 Å². The highest BCUT2D eigenvalue weighted by molar-refractivity contribution is 4.81. The first-order valence-corrected chi connectivity index (χ1v) is 6.91. The molecule has 0 aromatic heterocycles. The van der Waals surface area contributed by atoms with E-state index in [0.717, 1.165) is 12.5 Å². The molecule has 0 aliphatic carbocycles. The maximum absolute atomic E-state index is 6.23.